The fourth-order valence-electron chi connectivity index (χ4n) is 9.09. The number of allylic oxidation sites excluding steroid dienone is 5. The van der Waals surface area contributed by atoms with Crippen LogP contribution < -0.4 is 10.2 Å². The summed E-state index contributed by atoms with van der Waals surface area (Å²) in [6.07, 6.45) is 62.6. The summed E-state index contributed by atoms with van der Waals surface area (Å²) in [5.41, 5.74) is 0. The van der Waals surface area contributed by atoms with Gasteiger partial charge < -0.3 is 28.5 Å². The predicted octanol–water partition coefficient (Wildman–Crippen LogP) is 18.1. The molecule has 3 atom stereocenters. The largest absolute Gasteiger partial charge is 0.756 e. The fraction of sp³-hybridized carbons (Fsp3) is 0.871. The number of esters is 1. The number of nitrogens with one attached hydrogen (secondary N) is 1. The number of unbranched alkanes of at least 4 members (excludes halogenated alkanes) is 36. The first-order chi connectivity index (χ1) is 34.9. The maximum absolute atomic E-state index is 13.5. The van der Waals surface area contributed by atoms with Gasteiger partial charge in [0.1, 0.15) is 19.3 Å². The summed E-state index contributed by atoms with van der Waals surface area (Å²) < 4.78 is 30.3. The number of hydrogen-bond donors (Lipinski definition) is 1. The average Bonchev–Trinajstić information content (AvgIpc) is 3.34. The number of quaternary nitrogens is 1. The maximum Gasteiger partial charge on any atom is 0.306 e. The van der Waals surface area contributed by atoms with E-state index in [2.05, 4.69) is 50.4 Å². The zero-order valence-corrected chi connectivity index (χ0v) is 49.3. The molecule has 1 N–H and O–H groups in total. The molecule has 0 spiro atoms. The van der Waals surface area contributed by atoms with Crippen molar-refractivity contribution in [3.8, 4) is 0 Å². The minimum absolute atomic E-state index is 0.0214. The molecule has 3 unspecified atom stereocenters. The Morgan fingerprint density at radius 3 is 1.32 bits per heavy atom. The SMILES string of the molecule is CC/C=C/C/C=C/CCCCCCCCCC(=O)OC(/C=C/CCCCCCCCCCC)C(COP(=O)([O-])OCC[N+](C)(C)C)NC(=O)CCCCCCCCCCCCCCCCCCCCCCC. The van der Waals surface area contributed by atoms with Gasteiger partial charge in [-0.2, -0.15) is 0 Å². The Morgan fingerprint density at radius 1 is 0.500 bits per heavy atom. The summed E-state index contributed by atoms with van der Waals surface area (Å²) in [5, 5.41) is 3.03. The van der Waals surface area contributed by atoms with Crippen LogP contribution in [0.2, 0.25) is 0 Å². The van der Waals surface area contributed by atoms with E-state index < -0.39 is 20.0 Å². The number of nitrogens with zero attached hydrogens (tertiary/aromatic N) is 1. The summed E-state index contributed by atoms with van der Waals surface area (Å²) in [7, 11) is 1.19. The highest BCUT2D eigenvalue weighted by atomic mass is 31.2. The summed E-state index contributed by atoms with van der Waals surface area (Å²) in [4.78, 5) is 39.9. The maximum atomic E-state index is 13.5. The highest BCUT2D eigenvalue weighted by Gasteiger charge is 2.27. The van der Waals surface area contributed by atoms with Crippen molar-refractivity contribution < 1.29 is 37.3 Å². The van der Waals surface area contributed by atoms with Crippen LogP contribution in [0.4, 0.5) is 0 Å². The van der Waals surface area contributed by atoms with Gasteiger partial charge in [0.05, 0.1) is 33.8 Å². The summed E-state index contributed by atoms with van der Waals surface area (Å²) in [6, 6.07) is -0.886. The van der Waals surface area contributed by atoms with Crippen molar-refractivity contribution in [3.63, 3.8) is 0 Å². The van der Waals surface area contributed by atoms with Gasteiger partial charge >= 0.3 is 5.97 Å². The number of amides is 1. The van der Waals surface area contributed by atoms with Crippen molar-refractivity contribution in [2.75, 3.05) is 40.9 Å². The standard InChI is InChI=1S/C62H119N2O7P/c1-7-10-13-16-19-22-25-27-29-30-31-32-33-34-35-36-39-42-45-48-51-54-61(65)63-59(58-70-72(67,68)69-57-56-64(4,5)6)60(53-50-47-44-41-38-24-21-18-15-12-9-3)71-62(66)55-52-49-46-43-40-37-28-26-23-20-17-14-11-8-2/h11,14,20,23,50,53,59-60H,7-10,12-13,15-19,21-22,24-49,51-52,54-58H2,1-6H3,(H-,63,65,67,68)/b14-11+,23-20+,53-50+. The van der Waals surface area contributed by atoms with Gasteiger partial charge in [-0.25, -0.2) is 0 Å². The fourth-order valence-corrected chi connectivity index (χ4v) is 9.81. The lowest BCUT2D eigenvalue weighted by atomic mass is 10.0. The molecule has 0 aromatic heterocycles. The van der Waals surface area contributed by atoms with Gasteiger partial charge in [-0.05, 0) is 57.4 Å². The van der Waals surface area contributed by atoms with Crippen molar-refractivity contribution in [1.29, 1.82) is 0 Å². The molecule has 0 saturated carbocycles. The zero-order valence-electron chi connectivity index (χ0n) is 48.4. The highest BCUT2D eigenvalue weighted by Crippen LogP contribution is 2.38. The Kier molecular flexibility index (Phi) is 51.4. The van der Waals surface area contributed by atoms with E-state index in [-0.39, 0.29) is 31.5 Å². The lowest BCUT2D eigenvalue weighted by molar-refractivity contribution is -0.870. The molecule has 0 aliphatic carbocycles. The summed E-state index contributed by atoms with van der Waals surface area (Å²) in [5.74, 6) is -0.539. The number of carbonyl (C=O) groups excluding carboxylic acids is 2. The first kappa shape index (κ1) is 70.2. The molecular formula is C62H119N2O7P. The second-order valence-electron chi connectivity index (χ2n) is 22.2. The molecule has 0 aliphatic rings. The lowest BCUT2D eigenvalue weighted by Crippen LogP contribution is -2.47. The van der Waals surface area contributed by atoms with E-state index in [9.17, 15) is 19.0 Å². The molecule has 1 amide bonds. The normalized spacial score (nSPS) is 13.9. The van der Waals surface area contributed by atoms with E-state index >= 15 is 0 Å². The number of rotatable bonds is 56. The van der Waals surface area contributed by atoms with Gasteiger partial charge in [0.2, 0.25) is 5.91 Å². The number of hydrogen-bond acceptors (Lipinski definition) is 7. The second-order valence-corrected chi connectivity index (χ2v) is 23.6. The molecule has 72 heavy (non-hydrogen) atoms. The quantitative estimate of drug-likeness (QED) is 0.0212. The first-order valence-electron chi connectivity index (χ1n) is 30.8. The van der Waals surface area contributed by atoms with Crippen LogP contribution >= 0.6 is 7.82 Å². The molecule has 424 valence electrons. The molecule has 10 heteroatoms. The topological polar surface area (TPSA) is 114 Å². The Labute approximate surface area is 446 Å². The molecule has 0 fully saturated rings. The van der Waals surface area contributed by atoms with Crippen molar-refractivity contribution in [2.45, 2.75) is 309 Å². The zero-order chi connectivity index (χ0) is 52.9. The first-order valence-corrected chi connectivity index (χ1v) is 32.3. The number of carbonyl (C=O) groups is 2. The van der Waals surface area contributed by atoms with Crippen LogP contribution in [0.1, 0.15) is 297 Å². The van der Waals surface area contributed by atoms with E-state index in [4.69, 9.17) is 13.8 Å². The Morgan fingerprint density at radius 2 is 0.889 bits per heavy atom. The second kappa shape index (κ2) is 52.7. The molecule has 0 bridgehead atoms. The molecule has 0 aliphatic heterocycles. The van der Waals surface area contributed by atoms with E-state index in [0.717, 1.165) is 83.5 Å². The average molecular weight is 1040 g/mol. The number of phosphoric ester groups is 1. The van der Waals surface area contributed by atoms with E-state index in [1.807, 2.05) is 33.3 Å². The molecule has 0 radical (unpaired) electrons. The van der Waals surface area contributed by atoms with Crippen LogP contribution in [0.15, 0.2) is 36.5 Å². The highest BCUT2D eigenvalue weighted by molar-refractivity contribution is 7.45. The van der Waals surface area contributed by atoms with Crippen molar-refractivity contribution in [1.82, 2.24) is 5.32 Å². The minimum Gasteiger partial charge on any atom is -0.756 e. The van der Waals surface area contributed by atoms with Crippen LogP contribution in [-0.4, -0.2) is 69.4 Å². The molecule has 0 heterocycles. The number of phosphoric acid groups is 1. The Hall–Kier alpha value is -1.77. The number of ether oxygens (including phenoxy) is 1. The molecule has 0 aromatic rings. The van der Waals surface area contributed by atoms with Crippen molar-refractivity contribution in [3.05, 3.63) is 36.5 Å². The van der Waals surface area contributed by atoms with E-state index in [0.29, 0.717) is 17.4 Å². The third-order valence-corrected chi connectivity index (χ3v) is 14.8. The third-order valence-electron chi connectivity index (χ3n) is 13.8. The third kappa shape index (κ3) is 53.1. The number of likely N-dealkylation sites (N-methyl/N-ethyl adjacent to an activating group) is 1. The van der Waals surface area contributed by atoms with Crippen LogP contribution in [0.25, 0.3) is 0 Å². The van der Waals surface area contributed by atoms with Gasteiger partial charge in [-0.1, -0.05) is 263 Å². The Balaban J connectivity index is 5.15. The molecule has 0 saturated heterocycles. The van der Waals surface area contributed by atoms with Gasteiger partial charge in [0, 0.05) is 12.8 Å². The van der Waals surface area contributed by atoms with Crippen molar-refractivity contribution >= 4 is 19.7 Å². The van der Waals surface area contributed by atoms with E-state index in [1.54, 1.807) is 0 Å². The monoisotopic (exact) mass is 1030 g/mol. The molecule has 0 rings (SSSR count). The summed E-state index contributed by atoms with van der Waals surface area (Å²) in [6.45, 7) is 6.76. The van der Waals surface area contributed by atoms with E-state index in [1.165, 1.54) is 180 Å². The summed E-state index contributed by atoms with van der Waals surface area (Å²) >= 11 is 0. The lowest BCUT2D eigenvalue weighted by Gasteiger charge is -2.30. The molecular weight excluding hydrogens is 916 g/mol. The predicted molar refractivity (Wildman–Crippen MR) is 307 cm³/mol. The smallest absolute Gasteiger partial charge is 0.306 e. The van der Waals surface area contributed by atoms with Gasteiger partial charge in [-0.3, -0.25) is 14.2 Å². The Bertz CT molecular complexity index is 1330. The van der Waals surface area contributed by atoms with Crippen LogP contribution in [0.5, 0.6) is 0 Å². The van der Waals surface area contributed by atoms with Gasteiger partial charge in [0.15, 0.2) is 0 Å². The van der Waals surface area contributed by atoms with Crippen LogP contribution in [-0.2, 0) is 27.9 Å². The molecule has 0 aromatic carbocycles. The van der Waals surface area contributed by atoms with Crippen LogP contribution in [0, 0.1) is 0 Å². The van der Waals surface area contributed by atoms with Crippen molar-refractivity contribution in [2.24, 2.45) is 0 Å². The van der Waals surface area contributed by atoms with Crippen LogP contribution in [0.3, 0.4) is 0 Å². The van der Waals surface area contributed by atoms with Gasteiger partial charge in [0.25, 0.3) is 7.82 Å². The minimum atomic E-state index is -4.69. The van der Waals surface area contributed by atoms with Gasteiger partial charge in [-0.15, -0.1) is 0 Å². The molecule has 9 nitrogen and oxygen atoms in total.